The lowest BCUT2D eigenvalue weighted by molar-refractivity contribution is 0.432. The van der Waals surface area contributed by atoms with Crippen LogP contribution in [0.15, 0.2) is 28.9 Å². The Bertz CT molecular complexity index is 733. The molecule has 0 saturated carbocycles. The Morgan fingerprint density at radius 1 is 1.37 bits per heavy atom. The number of aromatic nitrogens is 4. The molecule has 3 rings (SSSR count). The van der Waals surface area contributed by atoms with Crippen LogP contribution in [0.4, 0.5) is 10.2 Å². The summed E-state index contributed by atoms with van der Waals surface area (Å²) in [5.41, 5.74) is 7.41. The van der Waals surface area contributed by atoms with Crippen LogP contribution in [0.5, 0.6) is 0 Å². The van der Waals surface area contributed by atoms with Crippen molar-refractivity contribution >= 4 is 5.82 Å². The minimum Gasteiger partial charge on any atom is -0.383 e. The van der Waals surface area contributed by atoms with E-state index in [-0.39, 0.29) is 11.7 Å². The first-order valence-corrected chi connectivity index (χ1v) is 5.54. The van der Waals surface area contributed by atoms with Crippen molar-refractivity contribution in [2.45, 2.75) is 6.92 Å². The lowest BCUT2D eigenvalue weighted by Crippen LogP contribution is -1.88. The van der Waals surface area contributed by atoms with Crippen LogP contribution < -0.4 is 5.73 Å². The Labute approximate surface area is 107 Å². The Morgan fingerprint density at radius 2 is 2.21 bits per heavy atom. The lowest BCUT2D eigenvalue weighted by Gasteiger charge is -1.97. The molecule has 0 saturated heterocycles. The van der Waals surface area contributed by atoms with Crippen LogP contribution in [0.2, 0.25) is 0 Å². The van der Waals surface area contributed by atoms with E-state index in [1.165, 1.54) is 12.3 Å². The Hall–Kier alpha value is -2.70. The third-order valence-electron chi connectivity index (χ3n) is 2.74. The number of rotatable bonds is 2. The molecule has 19 heavy (non-hydrogen) atoms. The fourth-order valence-corrected chi connectivity index (χ4v) is 1.70. The second-order valence-corrected chi connectivity index (χ2v) is 4.08. The molecule has 0 unspecified atom stereocenters. The van der Waals surface area contributed by atoms with Crippen molar-refractivity contribution in [3.63, 3.8) is 0 Å². The highest BCUT2D eigenvalue weighted by molar-refractivity contribution is 5.67. The molecule has 0 radical (unpaired) electrons. The van der Waals surface area contributed by atoms with E-state index in [4.69, 9.17) is 10.3 Å². The molecule has 0 spiro atoms. The maximum Gasteiger partial charge on any atom is 0.263 e. The molecule has 3 aromatic rings. The molecular weight excluding hydrogens is 249 g/mol. The number of nitrogens with zero attached hydrogens (tertiary/aromatic N) is 3. The number of halogens is 1. The first-order valence-electron chi connectivity index (χ1n) is 5.54. The van der Waals surface area contributed by atoms with Gasteiger partial charge in [0.2, 0.25) is 5.82 Å². The summed E-state index contributed by atoms with van der Waals surface area (Å²) in [7, 11) is 0. The summed E-state index contributed by atoms with van der Waals surface area (Å²) in [6.07, 6.45) is 1.50. The van der Waals surface area contributed by atoms with E-state index in [1.54, 1.807) is 19.1 Å². The summed E-state index contributed by atoms with van der Waals surface area (Å²) < 4.78 is 18.3. The highest BCUT2D eigenvalue weighted by Gasteiger charge is 2.14. The highest BCUT2D eigenvalue weighted by atomic mass is 19.1. The average molecular weight is 259 g/mol. The maximum absolute atomic E-state index is 13.2. The zero-order chi connectivity index (χ0) is 13.4. The van der Waals surface area contributed by atoms with E-state index >= 15 is 0 Å². The van der Waals surface area contributed by atoms with Gasteiger partial charge in [-0.3, -0.25) is 5.10 Å². The number of nitrogen functional groups attached to an aromatic ring is 1. The molecule has 0 amide bonds. The van der Waals surface area contributed by atoms with Gasteiger partial charge in [-0.05, 0) is 30.7 Å². The van der Waals surface area contributed by atoms with Crippen LogP contribution in [-0.4, -0.2) is 20.3 Å². The van der Waals surface area contributed by atoms with E-state index in [0.29, 0.717) is 28.3 Å². The number of nitrogens with one attached hydrogen (secondary N) is 1. The largest absolute Gasteiger partial charge is 0.383 e. The third kappa shape index (κ3) is 1.95. The predicted molar refractivity (Wildman–Crippen MR) is 66.4 cm³/mol. The van der Waals surface area contributed by atoms with Gasteiger partial charge in [0.05, 0.1) is 6.20 Å². The molecule has 2 heterocycles. The summed E-state index contributed by atoms with van der Waals surface area (Å²) in [4.78, 5) is 4.21. The third-order valence-corrected chi connectivity index (χ3v) is 2.74. The quantitative estimate of drug-likeness (QED) is 0.735. The monoisotopic (exact) mass is 259 g/mol. The summed E-state index contributed by atoms with van der Waals surface area (Å²) in [6.45, 7) is 1.67. The van der Waals surface area contributed by atoms with Crippen molar-refractivity contribution in [2.24, 2.45) is 0 Å². The molecule has 0 aliphatic rings. The van der Waals surface area contributed by atoms with Crippen LogP contribution in [0.3, 0.4) is 0 Å². The SMILES string of the molecule is Cc1cc(-c2noc(-c3cn[nH]c3N)n2)ccc1F. The maximum atomic E-state index is 13.2. The van der Waals surface area contributed by atoms with E-state index < -0.39 is 0 Å². The first kappa shape index (κ1) is 11.4. The number of aryl methyl sites for hydroxylation is 1. The topological polar surface area (TPSA) is 93.6 Å². The van der Waals surface area contributed by atoms with E-state index in [9.17, 15) is 4.39 Å². The van der Waals surface area contributed by atoms with Gasteiger partial charge in [0.25, 0.3) is 5.89 Å². The molecule has 0 atom stereocenters. The van der Waals surface area contributed by atoms with Crippen molar-refractivity contribution in [2.75, 3.05) is 5.73 Å². The number of aromatic amines is 1. The number of H-pyrrole nitrogens is 1. The molecule has 0 fully saturated rings. The summed E-state index contributed by atoms with van der Waals surface area (Å²) in [5, 5.41) is 10.2. The minimum atomic E-state index is -0.272. The van der Waals surface area contributed by atoms with Gasteiger partial charge < -0.3 is 10.3 Å². The van der Waals surface area contributed by atoms with Gasteiger partial charge in [-0.15, -0.1) is 0 Å². The molecule has 1 aromatic carbocycles. The standard InChI is InChI=1S/C12H10FN5O/c1-6-4-7(2-3-9(6)13)11-16-12(19-18-11)8-5-15-17-10(8)14/h2-5H,1H3,(H3,14,15,17). The summed E-state index contributed by atoms with van der Waals surface area (Å²) in [6, 6.07) is 4.62. The van der Waals surface area contributed by atoms with Gasteiger partial charge in [0, 0.05) is 5.56 Å². The van der Waals surface area contributed by atoms with Gasteiger partial charge in [0.1, 0.15) is 17.2 Å². The molecular formula is C12H10FN5O. The number of nitrogens with two attached hydrogens (primary N) is 1. The van der Waals surface area contributed by atoms with Crippen LogP contribution >= 0.6 is 0 Å². The Morgan fingerprint density at radius 3 is 2.89 bits per heavy atom. The first-order chi connectivity index (χ1) is 9.15. The molecule has 7 heteroatoms. The summed E-state index contributed by atoms with van der Waals surface area (Å²) in [5.74, 6) is 0.721. The van der Waals surface area contributed by atoms with Crippen molar-refractivity contribution in [1.29, 1.82) is 0 Å². The van der Waals surface area contributed by atoms with Gasteiger partial charge >= 0.3 is 0 Å². The molecule has 2 aromatic heterocycles. The van der Waals surface area contributed by atoms with Crippen LogP contribution in [0, 0.1) is 12.7 Å². The second kappa shape index (κ2) is 4.20. The zero-order valence-corrected chi connectivity index (χ0v) is 10.0. The predicted octanol–water partition coefficient (Wildman–Crippen LogP) is 2.16. The van der Waals surface area contributed by atoms with Crippen LogP contribution in [0.25, 0.3) is 22.8 Å². The van der Waals surface area contributed by atoms with Crippen molar-refractivity contribution in [1.82, 2.24) is 20.3 Å². The highest BCUT2D eigenvalue weighted by Crippen LogP contribution is 2.25. The van der Waals surface area contributed by atoms with E-state index in [2.05, 4.69) is 20.3 Å². The number of benzene rings is 1. The molecule has 3 N–H and O–H groups in total. The number of hydrogen-bond acceptors (Lipinski definition) is 5. The van der Waals surface area contributed by atoms with E-state index in [0.717, 1.165) is 0 Å². The molecule has 0 bridgehead atoms. The van der Waals surface area contributed by atoms with Gasteiger partial charge in [-0.25, -0.2) is 4.39 Å². The smallest absolute Gasteiger partial charge is 0.263 e. The second-order valence-electron chi connectivity index (χ2n) is 4.08. The molecule has 96 valence electrons. The average Bonchev–Trinajstić information content (AvgIpc) is 3.01. The fraction of sp³-hybridized carbons (Fsp3) is 0.0833. The Balaban J connectivity index is 2.01. The van der Waals surface area contributed by atoms with Crippen molar-refractivity contribution in [3.05, 3.63) is 35.8 Å². The number of anilines is 1. The van der Waals surface area contributed by atoms with Gasteiger partial charge in [0.15, 0.2) is 0 Å². The fourth-order valence-electron chi connectivity index (χ4n) is 1.70. The van der Waals surface area contributed by atoms with Crippen molar-refractivity contribution in [3.8, 4) is 22.8 Å². The van der Waals surface area contributed by atoms with Gasteiger partial charge in [-0.2, -0.15) is 10.1 Å². The Kier molecular flexibility index (Phi) is 2.52. The minimum absolute atomic E-state index is 0.267. The molecule has 0 aliphatic carbocycles. The van der Waals surface area contributed by atoms with E-state index in [1.807, 2.05) is 0 Å². The van der Waals surface area contributed by atoms with Crippen molar-refractivity contribution < 1.29 is 8.91 Å². The molecule has 0 aliphatic heterocycles. The number of hydrogen-bond donors (Lipinski definition) is 2. The van der Waals surface area contributed by atoms with Crippen LogP contribution in [-0.2, 0) is 0 Å². The van der Waals surface area contributed by atoms with Crippen LogP contribution in [0.1, 0.15) is 5.56 Å². The molecule has 6 nitrogen and oxygen atoms in total. The van der Waals surface area contributed by atoms with Gasteiger partial charge in [-0.1, -0.05) is 5.16 Å². The normalized spacial score (nSPS) is 10.8. The zero-order valence-electron chi connectivity index (χ0n) is 10.0. The summed E-state index contributed by atoms with van der Waals surface area (Å²) >= 11 is 0. The lowest BCUT2D eigenvalue weighted by atomic mass is 10.1.